The largest absolute Gasteiger partial charge is 0.480 e. The van der Waals surface area contributed by atoms with Crippen LogP contribution >= 0.6 is 0 Å². The van der Waals surface area contributed by atoms with E-state index in [1.165, 1.54) is 0 Å². The van der Waals surface area contributed by atoms with Crippen LogP contribution in [0.3, 0.4) is 0 Å². The van der Waals surface area contributed by atoms with E-state index in [2.05, 4.69) is 5.92 Å². The molecule has 2 nitrogen and oxygen atoms in total. The number of terminal acetylenes is 1. The number of benzene rings is 1. The molecule has 0 heterocycles. The third-order valence-corrected chi connectivity index (χ3v) is 3.13. The number of rotatable bonds is 6. The van der Waals surface area contributed by atoms with Crippen molar-refractivity contribution in [2.45, 2.75) is 33.1 Å². The molecule has 0 aliphatic carbocycles. The van der Waals surface area contributed by atoms with Crippen molar-refractivity contribution < 1.29 is 9.90 Å². The molecule has 96 valence electrons. The number of aryl methyl sites for hydroxylation is 1. The van der Waals surface area contributed by atoms with E-state index in [0.29, 0.717) is 19.3 Å². The quantitative estimate of drug-likeness (QED) is 0.779. The van der Waals surface area contributed by atoms with Gasteiger partial charge in [0.25, 0.3) is 0 Å². The van der Waals surface area contributed by atoms with Crippen LogP contribution in [0.25, 0.3) is 0 Å². The fourth-order valence-corrected chi connectivity index (χ4v) is 2.19. The Bertz CT molecular complexity index is 428. The zero-order chi connectivity index (χ0) is 13.6. The van der Waals surface area contributed by atoms with E-state index >= 15 is 0 Å². The minimum absolute atomic E-state index is 0.271. The van der Waals surface area contributed by atoms with Gasteiger partial charge in [0, 0.05) is 0 Å². The molecule has 0 saturated heterocycles. The van der Waals surface area contributed by atoms with Crippen molar-refractivity contribution >= 4 is 5.97 Å². The van der Waals surface area contributed by atoms with E-state index in [4.69, 9.17) is 6.42 Å². The minimum Gasteiger partial charge on any atom is -0.480 e. The van der Waals surface area contributed by atoms with Crippen molar-refractivity contribution in [3.63, 3.8) is 0 Å². The van der Waals surface area contributed by atoms with Crippen LogP contribution in [0.2, 0.25) is 0 Å². The van der Waals surface area contributed by atoms with Gasteiger partial charge in [0.05, 0.1) is 0 Å². The van der Waals surface area contributed by atoms with Gasteiger partial charge in [0.1, 0.15) is 5.41 Å². The summed E-state index contributed by atoms with van der Waals surface area (Å²) in [7, 11) is 0. The van der Waals surface area contributed by atoms with E-state index in [9.17, 15) is 9.90 Å². The predicted molar refractivity (Wildman–Crippen MR) is 73.1 cm³/mol. The standard InChI is InChI=1S/C16H20O2/c1-4-16(15(17)18,12-13(2)3)11-10-14-8-6-5-7-9-14/h1,5-9,13H,10-12H2,2-3H3,(H,17,18). The number of hydrogen-bond acceptors (Lipinski definition) is 1. The molecule has 18 heavy (non-hydrogen) atoms. The maximum atomic E-state index is 11.5. The van der Waals surface area contributed by atoms with Crippen LogP contribution in [-0.2, 0) is 11.2 Å². The molecule has 1 atom stereocenters. The van der Waals surface area contributed by atoms with Gasteiger partial charge in [-0.3, -0.25) is 4.79 Å². The van der Waals surface area contributed by atoms with Crippen molar-refractivity contribution in [2.24, 2.45) is 11.3 Å². The summed E-state index contributed by atoms with van der Waals surface area (Å²) >= 11 is 0. The Balaban J connectivity index is 2.80. The van der Waals surface area contributed by atoms with Crippen LogP contribution in [0, 0.1) is 23.7 Å². The number of carbonyl (C=O) groups is 1. The molecule has 1 rings (SSSR count). The van der Waals surface area contributed by atoms with E-state index < -0.39 is 11.4 Å². The second kappa shape index (κ2) is 6.26. The van der Waals surface area contributed by atoms with Gasteiger partial charge >= 0.3 is 5.97 Å². The van der Waals surface area contributed by atoms with Crippen LogP contribution in [0.5, 0.6) is 0 Å². The smallest absolute Gasteiger partial charge is 0.321 e. The summed E-state index contributed by atoms with van der Waals surface area (Å²) in [5.41, 5.74) is 0.0893. The molecule has 1 aromatic rings. The summed E-state index contributed by atoms with van der Waals surface area (Å²) < 4.78 is 0. The molecule has 1 aromatic carbocycles. The first-order valence-corrected chi connectivity index (χ1v) is 6.25. The molecule has 0 aromatic heterocycles. The normalized spacial score (nSPS) is 13.9. The highest BCUT2D eigenvalue weighted by Crippen LogP contribution is 2.31. The van der Waals surface area contributed by atoms with Crippen molar-refractivity contribution in [1.82, 2.24) is 0 Å². The van der Waals surface area contributed by atoms with Crippen molar-refractivity contribution in [2.75, 3.05) is 0 Å². The summed E-state index contributed by atoms with van der Waals surface area (Å²) in [6.07, 6.45) is 7.20. The van der Waals surface area contributed by atoms with Gasteiger partial charge in [-0.1, -0.05) is 50.1 Å². The number of carboxylic acids is 1. The Labute approximate surface area is 109 Å². The van der Waals surface area contributed by atoms with E-state index in [1.54, 1.807) is 0 Å². The summed E-state index contributed by atoms with van der Waals surface area (Å²) in [6.45, 7) is 4.00. The Kier molecular flexibility index (Phi) is 4.97. The molecule has 1 unspecified atom stereocenters. The van der Waals surface area contributed by atoms with Gasteiger partial charge < -0.3 is 5.11 Å². The highest BCUT2D eigenvalue weighted by molar-refractivity contribution is 5.78. The lowest BCUT2D eigenvalue weighted by Crippen LogP contribution is -2.31. The maximum absolute atomic E-state index is 11.5. The third kappa shape index (κ3) is 3.63. The molecule has 1 N–H and O–H groups in total. The summed E-state index contributed by atoms with van der Waals surface area (Å²) in [5, 5.41) is 9.41. The molecular weight excluding hydrogens is 224 g/mol. The van der Waals surface area contributed by atoms with Crippen LogP contribution in [-0.4, -0.2) is 11.1 Å². The molecule has 0 bridgehead atoms. The van der Waals surface area contributed by atoms with E-state index in [1.807, 2.05) is 44.2 Å². The number of aliphatic carboxylic acids is 1. The monoisotopic (exact) mass is 244 g/mol. The van der Waals surface area contributed by atoms with E-state index in [-0.39, 0.29) is 5.92 Å². The Morgan fingerprint density at radius 3 is 2.44 bits per heavy atom. The molecule has 0 aliphatic rings. The summed E-state index contributed by atoms with van der Waals surface area (Å²) in [4.78, 5) is 11.5. The van der Waals surface area contributed by atoms with Crippen LogP contribution in [0.15, 0.2) is 30.3 Å². The lowest BCUT2D eigenvalue weighted by molar-refractivity contribution is -0.146. The highest BCUT2D eigenvalue weighted by Gasteiger charge is 2.36. The first-order chi connectivity index (χ1) is 8.50. The average molecular weight is 244 g/mol. The second-order valence-electron chi connectivity index (χ2n) is 5.12. The molecule has 0 radical (unpaired) electrons. The van der Waals surface area contributed by atoms with E-state index in [0.717, 1.165) is 5.56 Å². The van der Waals surface area contributed by atoms with Gasteiger partial charge in [-0.25, -0.2) is 0 Å². The van der Waals surface area contributed by atoms with Gasteiger partial charge in [0.15, 0.2) is 0 Å². The lowest BCUT2D eigenvalue weighted by Gasteiger charge is -2.25. The summed E-state index contributed by atoms with van der Waals surface area (Å²) in [6, 6.07) is 9.85. The van der Waals surface area contributed by atoms with Gasteiger partial charge in [-0.05, 0) is 30.7 Å². The predicted octanol–water partition coefficient (Wildman–Crippen LogP) is 3.37. The molecule has 2 heteroatoms. The summed E-state index contributed by atoms with van der Waals surface area (Å²) in [5.74, 6) is 1.91. The fourth-order valence-electron chi connectivity index (χ4n) is 2.19. The molecule has 0 saturated carbocycles. The Hall–Kier alpha value is -1.75. The van der Waals surface area contributed by atoms with Gasteiger partial charge in [-0.2, -0.15) is 0 Å². The highest BCUT2D eigenvalue weighted by atomic mass is 16.4. The number of carboxylic acid groups (broad SMARTS) is 1. The third-order valence-electron chi connectivity index (χ3n) is 3.13. The van der Waals surface area contributed by atoms with Crippen LogP contribution in [0.1, 0.15) is 32.3 Å². The Morgan fingerprint density at radius 1 is 1.39 bits per heavy atom. The van der Waals surface area contributed by atoms with Crippen LogP contribution < -0.4 is 0 Å². The van der Waals surface area contributed by atoms with Gasteiger partial charge in [0.2, 0.25) is 0 Å². The van der Waals surface area contributed by atoms with Crippen LogP contribution in [0.4, 0.5) is 0 Å². The molecule has 0 spiro atoms. The van der Waals surface area contributed by atoms with Crippen molar-refractivity contribution in [1.29, 1.82) is 0 Å². The topological polar surface area (TPSA) is 37.3 Å². The molecule has 0 fully saturated rings. The first kappa shape index (κ1) is 14.3. The van der Waals surface area contributed by atoms with Crippen molar-refractivity contribution in [3.05, 3.63) is 35.9 Å². The maximum Gasteiger partial charge on any atom is 0.321 e. The zero-order valence-electron chi connectivity index (χ0n) is 11.0. The second-order valence-corrected chi connectivity index (χ2v) is 5.12. The average Bonchev–Trinajstić information content (AvgIpc) is 2.35. The molecule has 0 amide bonds. The van der Waals surface area contributed by atoms with Crippen molar-refractivity contribution in [3.8, 4) is 12.3 Å². The minimum atomic E-state index is -1.04. The first-order valence-electron chi connectivity index (χ1n) is 6.25. The van der Waals surface area contributed by atoms with Gasteiger partial charge in [-0.15, -0.1) is 6.42 Å². The SMILES string of the molecule is C#CC(CCc1ccccc1)(CC(C)C)C(=O)O. The zero-order valence-corrected chi connectivity index (χ0v) is 11.0. The molecule has 0 aliphatic heterocycles. The lowest BCUT2D eigenvalue weighted by atomic mass is 9.76. The number of hydrogen-bond donors (Lipinski definition) is 1. The Morgan fingerprint density at radius 2 is 2.00 bits per heavy atom. The fraction of sp³-hybridized carbons (Fsp3) is 0.438. The molecular formula is C16H20O2.